The van der Waals surface area contributed by atoms with E-state index in [1.165, 1.54) is 6.92 Å². The summed E-state index contributed by atoms with van der Waals surface area (Å²) in [5.74, 6) is -1.65. The van der Waals surface area contributed by atoms with Crippen molar-refractivity contribution < 1.29 is 14.4 Å². The molecule has 0 saturated carbocycles. The van der Waals surface area contributed by atoms with Gasteiger partial charge in [0.2, 0.25) is 0 Å². The van der Waals surface area contributed by atoms with E-state index in [9.17, 15) is 14.4 Å². The molecule has 0 saturated heterocycles. The largest absolute Gasteiger partial charge is 0.318 e. The van der Waals surface area contributed by atoms with Gasteiger partial charge in [0.15, 0.2) is 5.78 Å². The van der Waals surface area contributed by atoms with Gasteiger partial charge in [-0.25, -0.2) is 0 Å². The predicted octanol–water partition coefficient (Wildman–Crippen LogP) is 3.43. The van der Waals surface area contributed by atoms with Crippen LogP contribution in [-0.2, 0) is 9.59 Å². The van der Waals surface area contributed by atoms with E-state index in [0.29, 0.717) is 22.0 Å². The lowest BCUT2D eigenvalue weighted by Gasteiger charge is -2.09. The van der Waals surface area contributed by atoms with E-state index in [1.54, 1.807) is 49.4 Å². The van der Waals surface area contributed by atoms with Crippen LogP contribution >= 0.6 is 11.6 Å². The van der Waals surface area contributed by atoms with Crippen molar-refractivity contribution in [1.29, 1.82) is 0 Å². The zero-order valence-electron chi connectivity index (χ0n) is 12.6. The highest BCUT2D eigenvalue weighted by molar-refractivity contribution is 6.43. The number of carbonyl (C=O) groups excluding carboxylic acids is 3. The van der Waals surface area contributed by atoms with Crippen molar-refractivity contribution in [3.63, 3.8) is 0 Å². The summed E-state index contributed by atoms with van der Waals surface area (Å²) in [5, 5.41) is 5.55. The molecule has 0 aliphatic rings. The van der Waals surface area contributed by atoms with Crippen molar-refractivity contribution in [3.8, 4) is 0 Å². The van der Waals surface area contributed by atoms with Gasteiger partial charge in [-0.05, 0) is 61.9 Å². The molecule has 0 bridgehead atoms. The van der Waals surface area contributed by atoms with Crippen LogP contribution in [0.1, 0.15) is 22.8 Å². The van der Waals surface area contributed by atoms with Gasteiger partial charge in [0.05, 0.1) is 0 Å². The molecule has 0 aliphatic carbocycles. The van der Waals surface area contributed by atoms with Crippen LogP contribution in [0.2, 0.25) is 5.02 Å². The fourth-order valence-electron chi connectivity index (χ4n) is 1.92. The molecule has 0 atom stereocenters. The summed E-state index contributed by atoms with van der Waals surface area (Å²) in [6, 6.07) is 11.2. The van der Waals surface area contributed by atoms with Crippen LogP contribution in [0.3, 0.4) is 0 Å². The molecule has 6 heteroatoms. The lowest BCUT2D eigenvalue weighted by atomic mass is 10.1. The van der Waals surface area contributed by atoms with Crippen molar-refractivity contribution >= 4 is 40.6 Å². The number of Topliss-reactive ketones (excluding diaryl/α,β-unsaturated/α-hetero) is 1. The molecule has 2 aromatic carbocycles. The normalized spacial score (nSPS) is 10.0. The molecule has 0 spiro atoms. The van der Waals surface area contributed by atoms with Crippen molar-refractivity contribution in [1.82, 2.24) is 0 Å². The van der Waals surface area contributed by atoms with E-state index in [0.717, 1.165) is 5.56 Å². The number of amides is 2. The Balaban J connectivity index is 2.02. The average molecular weight is 331 g/mol. The van der Waals surface area contributed by atoms with Gasteiger partial charge in [0.1, 0.15) is 0 Å². The first-order valence-electron chi connectivity index (χ1n) is 6.86. The van der Waals surface area contributed by atoms with Crippen LogP contribution in [0.25, 0.3) is 0 Å². The fraction of sp³-hybridized carbons (Fsp3) is 0.118. The minimum atomic E-state index is -0.796. The van der Waals surface area contributed by atoms with Crippen LogP contribution in [0, 0.1) is 6.92 Å². The van der Waals surface area contributed by atoms with Crippen LogP contribution in [0.5, 0.6) is 0 Å². The first-order chi connectivity index (χ1) is 10.9. The quantitative estimate of drug-likeness (QED) is 0.668. The van der Waals surface area contributed by atoms with Crippen molar-refractivity contribution in [2.45, 2.75) is 13.8 Å². The molecule has 0 radical (unpaired) electrons. The maximum atomic E-state index is 11.9. The number of nitrogens with one attached hydrogen (secondary N) is 2. The first-order valence-corrected chi connectivity index (χ1v) is 7.24. The maximum Gasteiger partial charge on any atom is 0.314 e. The minimum absolute atomic E-state index is 0.0705. The maximum absolute atomic E-state index is 11.9. The third-order valence-corrected chi connectivity index (χ3v) is 3.43. The summed E-state index contributed by atoms with van der Waals surface area (Å²) in [4.78, 5) is 35.0. The number of hydrogen-bond donors (Lipinski definition) is 2. The number of rotatable bonds is 3. The Labute approximate surface area is 138 Å². The monoisotopic (exact) mass is 330 g/mol. The third kappa shape index (κ3) is 4.40. The van der Waals surface area contributed by atoms with Gasteiger partial charge in [-0.3, -0.25) is 14.4 Å². The van der Waals surface area contributed by atoms with Gasteiger partial charge in [-0.2, -0.15) is 0 Å². The number of hydrogen-bond acceptors (Lipinski definition) is 3. The number of halogens is 1. The Morgan fingerprint density at radius 1 is 0.913 bits per heavy atom. The third-order valence-electron chi connectivity index (χ3n) is 3.19. The predicted molar refractivity (Wildman–Crippen MR) is 89.9 cm³/mol. The van der Waals surface area contributed by atoms with Gasteiger partial charge < -0.3 is 10.6 Å². The summed E-state index contributed by atoms with van der Waals surface area (Å²) < 4.78 is 0. The molecule has 118 valence electrons. The summed E-state index contributed by atoms with van der Waals surface area (Å²) in [6.45, 7) is 3.23. The van der Waals surface area contributed by atoms with E-state index in [2.05, 4.69) is 10.6 Å². The van der Waals surface area contributed by atoms with Crippen LogP contribution in [-0.4, -0.2) is 17.6 Å². The molecule has 0 fully saturated rings. The summed E-state index contributed by atoms with van der Waals surface area (Å²) >= 11 is 5.84. The molecule has 2 amide bonds. The second kappa shape index (κ2) is 7.07. The highest BCUT2D eigenvalue weighted by atomic mass is 35.5. The second-order valence-electron chi connectivity index (χ2n) is 5.00. The minimum Gasteiger partial charge on any atom is -0.318 e. The van der Waals surface area contributed by atoms with Crippen molar-refractivity contribution in [2.75, 3.05) is 10.6 Å². The van der Waals surface area contributed by atoms with E-state index in [1.807, 2.05) is 0 Å². The topological polar surface area (TPSA) is 75.3 Å². The molecule has 2 aromatic rings. The number of anilines is 2. The smallest absolute Gasteiger partial charge is 0.314 e. The molecule has 2 rings (SSSR count). The summed E-state index contributed by atoms with van der Waals surface area (Å²) in [5.41, 5.74) is 2.23. The van der Waals surface area contributed by atoms with Gasteiger partial charge in [0.25, 0.3) is 0 Å². The number of benzene rings is 2. The molecular formula is C17H15ClN2O3. The molecule has 0 unspecified atom stereocenters. The standard InChI is InChI=1S/C17H15ClN2O3/c1-10-9-13(18)5-8-15(10)20-17(23)16(22)19-14-6-3-12(4-7-14)11(2)21/h3-9H,1-2H3,(H,19,22)(H,20,23). The zero-order chi connectivity index (χ0) is 17.0. The van der Waals surface area contributed by atoms with E-state index in [-0.39, 0.29) is 5.78 Å². The molecule has 0 heterocycles. The van der Waals surface area contributed by atoms with Crippen molar-refractivity contribution in [2.24, 2.45) is 0 Å². The van der Waals surface area contributed by atoms with E-state index < -0.39 is 11.8 Å². The lowest BCUT2D eigenvalue weighted by Crippen LogP contribution is -2.29. The van der Waals surface area contributed by atoms with Crippen LogP contribution in [0.4, 0.5) is 11.4 Å². The highest BCUT2D eigenvalue weighted by Gasteiger charge is 2.15. The highest BCUT2D eigenvalue weighted by Crippen LogP contribution is 2.19. The van der Waals surface area contributed by atoms with Gasteiger partial charge in [0, 0.05) is 22.0 Å². The molecular weight excluding hydrogens is 316 g/mol. The number of ketones is 1. The Morgan fingerprint density at radius 2 is 1.52 bits per heavy atom. The Morgan fingerprint density at radius 3 is 2.09 bits per heavy atom. The van der Waals surface area contributed by atoms with Gasteiger partial charge in [-0.1, -0.05) is 11.6 Å². The van der Waals surface area contributed by atoms with Crippen LogP contribution < -0.4 is 10.6 Å². The zero-order valence-corrected chi connectivity index (χ0v) is 13.4. The number of aryl methyl sites for hydroxylation is 1. The summed E-state index contributed by atoms with van der Waals surface area (Å²) in [7, 11) is 0. The van der Waals surface area contributed by atoms with Crippen LogP contribution in [0.15, 0.2) is 42.5 Å². The average Bonchev–Trinajstić information content (AvgIpc) is 2.50. The lowest BCUT2D eigenvalue weighted by molar-refractivity contribution is -0.133. The van der Waals surface area contributed by atoms with Gasteiger partial charge >= 0.3 is 11.8 Å². The van der Waals surface area contributed by atoms with Crippen molar-refractivity contribution in [3.05, 3.63) is 58.6 Å². The molecule has 23 heavy (non-hydrogen) atoms. The molecule has 5 nitrogen and oxygen atoms in total. The SMILES string of the molecule is CC(=O)c1ccc(NC(=O)C(=O)Nc2ccc(Cl)cc2C)cc1. The molecule has 2 N–H and O–H groups in total. The Hall–Kier alpha value is -2.66. The van der Waals surface area contributed by atoms with E-state index in [4.69, 9.17) is 11.6 Å². The summed E-state index contributed by atoms with van der Waals surface area (Å²) in [6.07, 6.45) is 0. The van der Waals surface area contributed by atoms with E-state index >= 15 is 0 Å². The fourth-order valence-corrected chi connectivity index (χ4v) is 2.15. The van der Waals surface area contributed by atoms with Gasteiger partial charge in [-0.15, -0.1) is 0 Å². The molecule has 0 aliphatic heterocycles. The molecule has 0 aromatic heterocycles. The Kier molecular flexibility index (Phi) is 5.13. The first kappa shape index (κ1) is 16.7. The second-order valence-corrected chi connectivity index (χ2v) is 5.44. The Bertz CT molecular complexity index is 770. The number of carbonyl (C=O) groups is 3.